The van der Waals surface area contributed by atoms with E-state index in [0.29, 0.717) is 12.0 Å². The van der Waals surface area contributed by atoms with Crippen LogP contribution in [-0.2, 0) is 16.3 Å². The van der Waals surface area contributed by atoms with Gasteiger partial charge in [0, 0.05) is 16.6 Å². The van der Waals surface area contributed by atoms with E-state index in [0.717, 1.165) is 6.26 Å². The second-order valence-electron chi connectivity index (χ2n) is 5.83. The average Bonchev–Trinajstić information content (AvgIpc) is 2.25. The number of alkyl halides is 1. The first kappa shape index (κ1) is 17.1. The highest BCUT2D eigenvalue weighted by Gasteiger charge is 2.29. The molecule has 0 heterocycles. The third-order valence-electron chi connectivity index (χ3n) is 3.00. The number of rotatable bonds is 4. The summed E-state index contributed by atoms with van der Waals surface area (Å²) in [4.78, 5) is 10.4. The van der Waals surface area contributed by atoms with E-state index in [-0.39, 0.29) is 20.8 Å². The van der Waals surface area contributed by atoms with Gasteiger partial charge in [0.2, 0.25) is 0 Å². The maximum Gasteiger partial charge on any atom is 0.291 e. The molecule has 1 atom stereocenters. The van der Waals surface area contributed by atoms with Gasteiger partial charge in [-0.3, -0.25) is 10.1 Å². The van der Waals surface area contributed by atoms with Gasteiger partial charge in [-0.2, -0.15) is 0 Å². The molecule has 112 valence electrons. The highest BCUT2D eigenvalue weighted by atomic mass is 79.9. The summed E-state index contributed by atoms with van der Waals surface area (Å²) >= 11 is 3.52. The van der Waals surface area contributed by atoms with Crippen LogP contribution in [0.2, 0.25) is 0 Å². The molecular formula is C13H18BrNO4S. The lowest BCUT2D eigenvalue weighted by molar-refractivity contribution is -0.388. The number of nitro groups is 1. The van der Waals surface area contributed by atoms with Crippen molar-refractivity contribution in [3.63, 3.8) is 0 Å². The van der Waals surface area contributed by atoms with Gasteiger partial charge in [0.1, 0.15) is 4.90 Å². The zero-order valence-electron chi connectivity index (χ0n) is 11.9. The molecule has 0 aromatic heterocycles. The van der Waals surface area contributed by atoms with Gasteiger partial charge in [0.15, 0.2) is 9.84 Å². The Balaban J connectivity index is 3.39. The predicted octanol–water partition coefficient (Wildman–Crippen LogP) is 3.35. The fraction of sp³-hybridized carbons (Fsp3) is 0.538. The van der Waals surface area contributed by atoms with E-state index in [1.807, 2.05) is 20.8 Å². The molecule has 20 heavy (non-hydrogen) atoms. The minimum absolute atomic E-state index is 0.00325. The smallest absolute Gasteiger partial charge is 0.258 e. The fourth-order valence-electron chi connectivity index (χ4n) is 1.74. The number of para-hydroxylation sites is 1. The van der Waals surface area contributed by atoms with Gasteiger partial charge in [-0.1, -0.05) is 48.8 Å². The summed E-state index contributed by atoms with van der Waals surface area (Å²) in [5, 5.41) is 11.2. The number of hydrogen-bond acceptors (Lipinski definition) is 4. The van der Waals surface area contributed by atoms with E-state index in [1.54, 1.807) is 12.1 Å². The molecule has 1 aromatic carbocycles. The molecule has 1 rings (SSSR count). The fourth-order valence-corrected chi connectivity index (χ4v) is 2.97. The van der Waals surface area contributed by atoms with Crippen molar-refractivity contribution in [1.82, 2.24) is 0 Å². The van der Waals surface area contributed by atoms with Crippen LogP contribution in [0.15, 0.2) is 23.1 Å². The molecule has 7 heteroatoms. The molecule has 0 aliphatic carbocycles. The Hall–Kier alpha value is -0.950. The lowest BCUT2D eigenvalue weighted by atomic mass is 9.88. The summed E-state index contributed by atoms with van der Waals surface area (Å²) < 4.78 is 23.4. The number of halogens is 1. The largest absolute Gasteiger partial charge is 0.291 e. The Kier molecular flexibility index (Phi) is 4.97. The maximum atomic E-state index is 11.7. The molecule has 0 fully saturated rings. The number of hydrogen-bond donors (Lipinski definition) is 0. The molecule has 0 aliphatic heterocycles. The molecule has 0 spiro atoms. The first-order valence-corrected chi connectivity index (χ1v) is 8.85. The van der Waals surface area contributed by atoms with E-state index in [4.69, 9.17) is 0 Å². The van der Waals surface area contributed by atoms with Crippen LogP contribution >= 0.6 is 15.9 Å². The minimum atomic E-state index is -3.63. The Morgan fingerprint density at radius 2 is 1.90 bits per heavy atom. The third-order valence-corrected chi connectivity index (χ3v) is 5.83. The van der Waals surface area contributed by atoms with Crippen molar-refractivity contribution in [2.24, 2.45) is 5.41 Å². The van der Waals surface area contributed by atoms with Crippen LogP contribution in [0.25, 0.3) is 0 Å². The summed E-state index contributed by atoms with van der Waals surface area (Å²) in [6.07, 6.45) is 1.37. The minimum Gasteiger partial charge on any atom is -0.258 e. The zero-order valence-corrected chi connectivity index (χ0v) is 14.3. The molecule has 0 saturated carbocycles. The molecule has 1 aromatic rings. The van der Waals surface area contributed by atoms with E-state index >= 15 is 0 Å². The van der Waals surface area contributed by atoms with Gasteiger partial charge in [-0.05, 0) is 17.9 Å². The van der Waals surface area contributed by atoms with Gasteiger partial charge in [-0.25, -0.2) is 8.42 Å². The molecule has 0 saturated heterocycles. The van der Waals surface area contributed by atoms with E-state index in [2.05, 4.69) is 15.9 Å². The molecule has 5 nitrogen and oxygen atoms in total. The topological polar surface area (TPSA) is 77.3 Å². The van der Waals surface area contributed by atoms with Crippen LogP contribution < -0.4 is 0 Å². The van der Waals surface area contributed by atoms with Crippen molar-refractivity contribution in [2.45, 2.75) is 36.9 Å². The van der Waals surface area contributed by atoms with Crippen LogP contribution in [0.3, 0.4) is 0 Å². The molecule has 0 bridgehead atoms. The quantitative estimate of drug-likeness (QED) is 0.466. The molecule has 0 aliphatic rings. The second kappa shape index (κ2) is 5.81. The van der Waals surface area contributed by atoms with Gasteiger partial charge in [0.05, 0.1) is 4.92 Å². The van der Waals surface area contributed by atoms with Gasteiger partial charge in [0.25, 0.3) is 5.69 Å². The number of nitrogens with zero attached hydrogens (tertiary/aromatic N) is 1. The highest BCUT2D eigenvalue weighted by molar-refractivity contribution is 9.09. The third kappa shape index (κ3) is 4.02. The van der Waals surface area contributed by atoms with E-state index in [9.17, 15) is 18.5 Å². The second-order valence-corrected chi connectivity index (χ2v) is 8.92. The first-order valence-electron chi connectivity index (χ1n) is 6.05. The Bertz CT molecular complexity index is 620. The lowest BCUT2D eigenvalue weighted by Crippen LogP contribution is -2.23. The van der Waals surface area contributed by atoms with Crippen LogP contribution in [0, 0.1) is 15.5 Å². The molecule has 0 amide bonds. The van der Waals surface area contributed by atoms with Crippen molar-refractivity contribution >= 4 is 31.5 Å². The highest BCUT2D eigenvalue weighted by Crippen LogP contribution is 2.34. The van der Waals surface area contributed by atoms with Crippen LogP contribution in [0.4, 0.5) is 5.69 Å². The monoisotopic (exact) mass is 363 g/mol. The molecular weight excluding hydrogens is 346 g/mol. The van der Waals surface area contributed by atoms with Crippen molar-refractivity contribution in [3.05, 3.63) is 33.9 Å². The van der Waals surface area contributed by atoms with E-state index in [1.165, 1.54) is 6.07 Å². The van der Waals surface area contributed by atoms with Crippen molar-refractivity contribution < 1.29 is 13.3 Å². The van der Waals surface area contributed by atoms with Gasteiger partial charge < -0.3 is 0 Å². The van der Waals surface area contributed by atoms with Crippen LogP contribution in [0.5, 0.6) is 0 Å². The molecule has 1 unspecified atom stereocenters. The summed E-state index contributed by atoms with van der Waals surface area (Å²) in [7, 11) is -3.63. The molecule has 0 radical (unpaired) electrons. The number of nitro benzene ring substituents is 1. The van der Waals surface area contributed by atoms with E-state index < -0.39 is 14.8 Å². The van der Waals surface area contributed by atoms with Crippen molar-refractivity contribution in [1.29, 1.82) is 0 Å². The standard InChI is InChI=1S/C13H18BrNO4S/c1-13(2,3)11(14)8-9-6-5-7-10(20(4,18)19)12(9)15(16)17/h5-7,11H,8H2,1-4H3. The SMILES string of the molecule is CC(C)(C)C(Br)Cc1cccc(S(C)(=O)=O)c1[N+](=O)[O-]. The Labute approximate surface area is 127 Å². The van der Waals surface area contributed by atoms with Crippen LogP contribution in [-0.4, -0.2) is 24.4 Å². The Morgan fingerprint density at radius 1 is 1.35 bits per heavy atom. The normalized spacial score (nSPS) is 14.1. The summed E-state index contributed by atoms with van der Waals surface area (Å²) in [6.45, 7) is 6.04. The molecule has 0 N–H and O–H groups in total. The zero-order chi connectivity index (χ0) is 15.7. The number of sulfone groups is 1. The predicted molar refractivity (Wildman–Crippen MR) is 82.1 cm³/mol. The summed E-state index contributed by atoms with van der Waals surface area (Å²) in [5.74, 6) is 0. The van der Waals surface area contributed by atoms with Crippen molar-refractivity contribution in [2.75, 3.05) is 6.26 Å². The average molecular weight is 364 g/mol. The van der Waals surface area contributed by atoms with Gasteiger partial charge >= 0.3 is 0 Å². The first-order chi connectivity index (χ1) is 8.94. The Morgan fingerprint density at radius 3 is 2.30 bits per heavy atom. The number of benzene rings is 1. The van der Waals surface area contributed by atoms with Gasteiger partial charge in [-0.15, -0.1) is 0 Å². The summed E-state index contributed by atoms with van der Waals surface area (Å²) in [6, 6.07) is 4.42. The summed E-state index contributed by atoms with van der Waals surface area (Å²) in [5.41, 5.74) is 0.0213. The lowest BCUT2D eigenvalue weighted by Gasteiger charge is -2.25. The maximum absolute atomic E-state index is 11.7. The van der Waals surface area contributed by atoms with Crippen molar-refractivity contribution in [3.8, 4) is 0 Å². The van der Waals surface area contributed by atoms with Crippen LogP contribution in [0.1, 0.15) is 26.3 Å².